The van der Waals surface area contributed by atoms with Gasteiger partial charge in [-0.1, -0.05) is 12.1 Å². The van der Waals surface area contributed by atoms with Crippen LogP contribution in [0.1, 0.15) is 11.3 Å². The van der Waals surface area contributed by atoms with Crippen molar-refractivity contribution in [1.29, 1.82) is 0 Å². The summed E-state index contributed by atoms with van der Waals surface area (Å²) in [5, 5.41) is 4.87. The van der Waals surface area contributed by atoms with Crippen molar-refractivity contribution in [3.05, 3.63) is 59.9 Å². The molecule has 0 fully saturated rings. The van der Waals surface area contributed by atoms with E-state index in [0.29, 0.717) is 5.69 Å². The summed E-state index contributed by atoms with van der Waals surface area (Å²) in [6, 6.07) is 9.76. The standard InChI is InChI=1S/C14H11F3N4S/c15-14(16,17)10-4-3-6-12(8-10)21(13(18)22)20-9-11-5-1-2-7-19-11/h1-9H,(H2,18,22). The first kappa shape index (κ1) is 15.9. The summed E-state index contributed by atoms with van der Waals surface area (Å²) in [4.78, 5) is 4.02. The Bertz CT molecular complexity index is 686. The van der Waals surface area contributed by atoms with Crippen molar-refractivity contribution >= 4 is 29.2 Å². The molecule has 0 aliphatic heterocycles. The number of hydrazone groups is 1. The summed E-state index contributed by atoms with van der Waals surface area (Å²) in [5.74, 6) is 0. The van der Waals surface area contributed by atoms with Crippen LogP contribution in [0.2, 0.25) is 0 Å². The molecule has 0 bridgehead atoms. The Hall–Kier alpha value is -2.48. The molecular weight excluding hydrogens is 313 g/mol. The normalized spacial score (nSPS) is 11.6. The monoisotopic (exact) mass is 324 g/mol. The largest absolute Gasteiger partial charge is 0.416 e. The number of anilines is 1. The molecule has 8 heteroatoms. The molecule has 0 unspecified atom stereocenters. The third-order valence-electron chi connectivity index (χ3n) is 2.62. The first-order valence-electron chi connectivity index (χ1n) is 6.10. The summed E-state index contributed by atoms with van der Waals surface area (Å²) < 4.78 is 38.3. The highest BCUT2D eigenvalue weighted by atomic mass is 32.1. The molecule has 2 aromatic rings. The van der Waals surface area contributed by atoms with Gasteiger partial charge < -0.3 is 5.73 Å². The number of pyridine rings is 1. The van der Waals surface area contributed by atoms with E-state index in [1.165, 1.54) is 18.3 Å². The van der Waals surface area contributed by atoms with Gasteiger partial charge in [-0.15, -0.1) is 0 Å². The lowest BCUT2D eigenvalue weighted by molar-refractivity contribution is -0.137. The topological polar surface area (TPSA) is 54.5 Å². The number of nitrogens with two attached hydrogens (primary N) is 1. The fourth-order valence-corrected chi connectivity index (χ4v) is 1.79. The van der Waals surface area contributed by atoms with Gasteiger partial charge in [-0.2, -0.15) is 18.3 Å². The number of hydrogen-bond acceptors (Lipinski definition) is 3. The predicted molar refractivity (Wildman–Crippen MR) is 82.5 cm³/mol. The molecule has 1 heterocycles. The molecule has 4 nitrogen and oxygen atoms in total. The van der Waals surface area contributed by atoms with Gasteiger partial charge in [0, 0.05) is 6.20 Å². The van der Waals surface area contributed by atoms with Crippen LogP contribution in [0.3, 0.4) is 0 Å². The van der Waals surface area contributed by atoms with Crippen LogP contribution in [0.15, 0.2) is 53.8 Å². The van der Waals surface area contributed by atoms with Gasteiger partial charge in [0.05, 0.1) is 23.2 Å². The van der Waals surface area contributed by atoms with E-state index in [1.54, 1.807) is 24.4 Å². The molecule has 2 N–H and O–H groups in total. The second-order valence-electron chi connectivity index (χ2n) is 4.20. The van der Waals surface area contributed by atoms with Crippen molar-refractivity contribution in [3.8, 4) is 0 Å². The minimum absolute atomic E-state index is 0.120. The molecule has 0 saturated heterocycles. The van der Waals surface area contributed by atoms with E-state index in [2.05, 4.69) is 10.1 Å². The zero-order chi connectivity index (χ0) is 16.2. The average molecular weight is 324 g/mol. The Balaban J connectivity index is 2.33. The maximum Gasteiger partial charge on any atom is 0.416 e. The zero-order valence-corrected chi connectivity index (χ0v) is 12.0. The van der Waals surface area contributed by atoms with Crippen molar-refractivity contribution in [1.82, 2.24) is 4.98 Å². The highest BCUT2D eigenvalue weighted by molar-refractivity contribution is 7.80. The molecule has 0 saturated carbocycles. The van der Waals surface area contributed by atoms with E-state index in [0.717, 1.165) is 17.1 Å². The van der Waals surface area contributed by atoms with Crippen LogP contribution in [-0.4, -0.2) is 16.3 Å². The lowest BCUT2D eigenvalue weighted by Gasteiger charge is -2.18. The van der Waals surface area contributed by atoms with Gasteiger partial charge in [0.15, 0.2) is 5.11 Å². The number of thiocarbonyl (C=S) groups is 1. The molecule has 114 valence electrons. The SMILES string of the molecule is NC(=S)N(N=Cc1ccccn1)c1cccc(C(F)(F)F)c1. The molecule has 0 aliphatic carbocycles. The van der Waals surface area contributed by atoms with E-state index in [1.807, 2.05) is 0 Å². The predicted octanol–water partition coefficient (Wildman–Crippen LogP) is 3.18. The van der Waals surface area contributed by atoms with Crippen LogP contribution in [0.25, 0.3) is 0 Å². The third-order valence-corrected chi connectivity index (χ3v) is 2.79. The summed E-state index contributed by atoms with van der Waals surface area (Å²) in [6.07, 6.45) is -1.53. The van der Waals surface area contributed by atoms with Crippen molar-refractivity contribution < 1.29 is 13.2 Å². The molecule has 1 aromatic carbocycles. The van der Waals surface area contributed by atoms with E-state index < -0.39 is 11.7 Å². The second-order valence-corrected chi connectivity index (χ2v) is 4.62. The van der Waals surface area contributed by atoms with Gasteiger partial charge in [0.25, 0.3) is 0 Å². The Morgan fingerprint density at radius 3 is 2.59 bits per heavy atom. The van der Waals surface area contributed by atoms with Crippen molar-refractivity contribution in [2.75, 3.05) is 5.01 Å². The van der Waals surface area contributed by atoms with Crippen LogP contribution in [-0.2, 0) is 6.18 Å². The molecule has 0 radical (unpaired) electrons. The number of halogens is 3. The summed E-state index contributed by atoms with van der Waals surface area (Å²) >= 11 is 4.84. The molecule has 0 aliphatic rings. The molecular formula is C14H11F3N4S. The Morgan fingerprint density at radius 2 is 2.00 bits per heavy atom. The minimum Gasteiger partial charge on any atom is -0.374 e. The highest BCUT2D eigenvalue weighted by Gasteiger charge is 2.31. The van der Waals surface area contributed by atoms with Gasteiger partial charge in [0.2, 0.25) is 0 Å². The smallest absolute Gasteiger partial charge is 0.374 e. The number of rotatable bonds is 3. The van der Waals surface area contributed by atoms with Crippen molar-refractivity contribution in [3.63, 3.8) is 0 Å². The van der Waals surface area contributed by atoms with Gasteiger partial charge in [0.1, 0.15) is 0 Å². The lowest BCUT2D eigenvalue weighted by atomic mass is 10.2. The quantitative estimate of drug-likeness (QED) is 0.535. The Labute approximate surface area is 130 Å². The van der Waals surface area contributed by atoms with Crippen LogP contribution >= 0.6 is 12.2 Å². The van der Waals surface area contributed by atoms with E-state index >= 15 is 0 Å². The maximum atomic E-state index is 12.8. The van der Waals surface area contributed by atoms with E-state index in [9.17, 15) is 13.2 Å². The van der Waals surface area contributed by atoms with Gasteiger partial charge in [-0.25, -0.2) is 5.01 Å². The van der Waals surface area contributed by atoms with Crippen LogP contribution in [0.5, 0.6) is 0 Å². The molecule has 1 aromatic heterocycles. The van der Waals surface area contributed by atoms with Gasteiger partial charge >= 0.3 is 6.18 Å². The number of alkyl halides is 3. The fourth-order valence-electron chi connectivity index (χ4n) is 1.63. The summed E-state index contributed by atoms with van der Waals surface area (Å²) in [7, 11) is 0. The summed E-state index contributed by atoms with van der Waals surface area (Å²) in [6.45, 7) is 0. The Kier molecular flexibility index (Phi) is 4.71. The van der Waals surface area contributed by atoms with Crippen LogP contribution in [0, 0.1) is 0 Å². The molecule has 2 rings (SSSR count). The average Bonchev–Trinajstić information content (AvgIpc) is 2.48. The first-order chi connectivity index (χ1) is 10.4. The second kappa shape index (κ2) is 6.52. The van der Waals surface area contributed by atoms with Gasteiger partial charge in [-0.05, 0) is 42.5 Å². The van der Waals surface area contributed by atoms with Crippen molar-refractivity contribution in [2.24, 2.45) is 10.8 Å². The fraction of sp³-hybridized carbons (Fsp3) is 0.0714. The third kappa shape index (κ3) is 4.01. The lowest BCUT2D eigenvalue weighted by Crippen LogP contribution is -2.31. The van der Waals surface area contributed by atoms with Crippen molar-refractivity contribution in [2.45, 2.75) is 6.18 Å². The molecule has 0 spiro atoms. The number of nitrogens with zero attached hydrogens (tertiary/aromatic N) is 3. The summed E-state index contributed by atoms with van der Waals surface area (Å²) in [5.41, 5.74) is 5.37. The zero-order valence-electron chi connectivity index (χ0n) is 11.2. The maximum absolute atomic E-state index is 12.8. The number of benzene rings is 1. The number of aromatic nitrogens is 1. The molecule has 22 heavy (non-hydrogen) atoms. The molecule has 0 amide bonds. The minimum atomic E-state index is -4.46. The van der Waals surface area contributed by atoms with Crippen LogP contribution < -0.4 is 10.7 Å². The molecule has 0 atom stereocenters. The number of hydrogen-bond donors (Lipinski definition) is 1. The Morgan fingerprint density at radius 1 is 1.23 bits per heavy atom. The van der Waals surface area contributed by atoms with E-state index in [4.69, 9.17) is 18.0 Å². The first-order valence-corrected chi connectivity index (χ1v) is 6.50. The highest BCUT2D eigenvalue weighted by Crippen LogP contribution is 2.31. The van der Waals surface area contributed by atoms with Crippen LogP contribution in [0.4, 0.5) is 18.9 Å². The van der Waals surface area contributed by atoms with Gasteiger partial charge in [-0.3, -0.25) is 4.98 Å². The van der Waals surface area contributed by atoms with E-state index in [-0.39, 0.29) is 10.8 Å².